The van der Waals surface area contributed by atoms with Gasteiger partial charge < -0.3 is 14.4 Å². The van der Waals surface area contributed by atoms with E-state index in [-0.39, 0.29) is 29.4 Å². The van der Waals surface area contributed by atoms with Gasteiger partial charge in [0.1, 0.15) is 11.8 Å². The van der Waals surface area contributed by atoms with E-state index in [0.717, 1.165) is 11.3 Å². The monoisotopic (exact) mass is 376 g/mol. The maximum absolute atomic E-state index is 13.1. The molecule has 2 rings (SSSR count). The third kappa shape index (κ3) is 5.70. The predicted octanol–water partition coefficient (Wildman–Crippen LogP) is 2.71. The number of hydrogen-bond donors (Lipinski definition) is 0. The number of carbonyl (C=O) groups excluding carboxylic acids is 2. The Morgan fingerprint density at radius 1 is 1.26 bits per heavy atom. The molecule has 1 aromatic rings. The molecule has 6 nitrogen and oxygen atoms in total. The van der Waals surface area contributed by atoms with E-state index in [1.807, 2.05) is 41.1 Å². The van der Waals surface area contributed by atoms with Gasteiger partial charge in [-0.2, -0.15) is 0 Å². The highest BCUT2D eigenvalue weighted by Crippen LogP contribution is 2.28. The molecule has 150 valence electrons. The Kier molecular flexibility index (Phi) is 6.87. The molecule has 6 heteroatoms. The summed E-state index contributed by atoms with van der Waals surface area (Å²) < 4.78 is 10.2. The van der Waals surface area contributed by atoms with Crippen LogP contribution in [0, 0.1) is 5.41 Å². The average Bonchev–Trinajstić information content (AvgIpc) is 2.99. The summed E-state index contributed by atoms with van der Waals surface area (Å²) >= 11 is 0. The molecule has 1 heterocycles. The van der Waals surface area contributed by atoms with Crippen LogP contribution in [0.1, 0.15) is 39.2 Å². The molecule has 1 saturated heterocycles. The second-order valence-electron chi connectivity index (χ2n) is 8.48. The molecule has 0 saturated carbocycles. The van der Waals surface area contributed by atoms with Gasteiger partial charge in [0.15, 0.2) is 0 Å². The molecule has 1 aromatic carbocycles. The molecule has 1 amide bonds. The summed E-state index contributed by atoms with van der Waals surface area (Å²) in [6.07, 6.45) is 1.04. The zero-order valence-corrected chi connectivity index (χ0v) is 17.3. The van der Waals surface area contributed by atoms with Crippen molar-refractivity contribution in [3.8, 4) is 5.75 Å². The van der Waals surface area contributed by atoms with E-state index in [2.05, 4.69) is 20.8 Å². The molecule has 27 heavy (non-hydrogen) atoms. The summed E-state index contributed by atoms with van der Waals surface area (Å²) in [6.45, 7) is 7.34. The number of likely N-dealkylation sites (tertiary alicyclic amines) is 1. The summed E-state index contributed by atoms with van der Waals surface area (Å²) in [7, 11) is 4.94. The first kappa shape index (κ1) is 21.2. The Morgan fingerprint density at radius 3 is 2.56 bits per heavy atom. The summed E-state index contributed by atoms with van der Waals surface area (Å²) in [4.78, 5) is 29.1. The molecule has 1 aliphatic rings. The number of likely N-dealkylation sites (N-methyl/N-ethyl adjacent to an activating group) is 1. The predicted molar refractivity (Wildman–Crippen MR) is 104 cm³/mol. The van der Waals surface area contributed by atoms with E-state index in [1.165, 1.54) is 7.11 Å². The number of esters is 1. The summed E-state index contributed by atoms with van der Waals surface area (Å²) in [5.41, 5.74) is 0.913. The van der Waals surface area contributed by atoms with Gasteiger partial charge in [-0.1, -0.05) is 32.9 Å². The Hall–Kier alpha value is -2.08. The number of benzene rings is 1. The molecule has 0 radical (unpaired) electrons. The van der Waals surface area contributed by atoms with Crippen LogP contribution >= 0.6 is 0 Å². The van der Waals surface area contributed by atoms with Gasteiger partial charge in [0.2, 0.25) is 5.91 Å². The maximum Gasteiger partial charge on any atom is 0.323 e. The van der Waals surface area contributed by atoms with Crippen LogP contribution in [0.2, 0.25) is 0 Å². The van der Waals surface area contributed by atoms with Crippen molar-refractivity contribution in [2.24, 2.45) is 5.41 Å². The van der Waals surface area contributed by atoms with Crippen LogP contribution in [-0.2, 0) is 20.9 Å². The fourth-order valence-electron chi connectivity index (χ4n) is 3.55. The van der Waals surface area contributed by atoms with Crippen molar-refractivity contribution in [2.75, 3.05) is 27.8 Å². The number of carbonyl (C=O) groups is 2. The highest BCUT2D eigenvalue weighted by molar-refractivity contribution is 5.79. The molecule has 0 spiro atoms. The summed E-state index contributed by atoms with van der Waals surface area (Å²) in [5.74, 6) is 0.630. The van der Waals surface area contributed by atoms with Gasteiger partial charge in [-0.25, -0.2) is 0 Å². The summed E-state index contributed by atoms with van der Waals surface area (Å²) in [5, 5.41) is 0. The van der Waals surface area contributed by atoms with Crippen LogP contribution in [0.15, 0.2) is 24.3 Å². The Labute approximate surface area is 162 Å². The Balaban J connectivity index is 2.24. The minimum absolute atomic E-state index is 0.0276. The lowest BCUT2D eigenvalue weighted by atomic mass is 9.91. The van der Waals surface area contributed by atoms with Gasteiger partial charge in [0.25, 0.3) is 0 Å². The van der Waals surface area contributed by atoms with E-state index in [9.17, 15) is 9.59 Å². The topological polar surface area (TPSA) is 59.1 Å². The van der Waals surface area contributed by atoms with E-state index in [1.54, 1.807) is 7.11 Å². The second kappa shape index (κ2) is 8.74. The third-order valence-electron chi connectivity index (χ3n) is 4.93. The van der Waals surface area contributed by atoms with Crippen molar-refractivity contribution < 1.29 is 19.1 Å². The molecule has 1 aliphatic heterocycles. The van der Waals surface area contributed by atoms with Crippen LogP contribution in [0.3, 0.4) is 0 Å². The average molecular weight is 376 g/mol. The second-order valence-corrected chi connectivity index (χ2v) is 8.48. The zero-order chi connectivity index (χ0) is 20.2. The number of methoxy groups -OCH3 is 2. The van der Waals surface area contributed by atoms with E-state index in [4.69, 9.17) is 9.47 Å². The van der Waals surface area contributed by atoms with Crippen LogP contribution in [0.4, 0.5) is 0 Å². The first-order valence-electron chi connectivity index (χ1n) is 9.35. The molecule has 0 aliphatic carbocycles. The van der Waals surface area contributed by atoms with E-state index in [0.29, 0.717) is 25.9 Å². The van der Waals surface area contributed by atoms with Crippen molar-refractivity contribution in [1.29, 1.82) is 0 Å². The van der Waals surface area contributed by atoms with Crippen molar-refractivity contribution >= 4 is 11.9 Å². The molecule has 0 aromatic heterocycles. The smallest absolute Gasteiger partial charge is 0.323 e. The minimum Gasteiger partial charge on any atom is -0.497 e. The van der Waals surface area contributed by atoms with E-state index < -0.39 is 0 Å². The van der Waals surface area contributed by atoms with Gasteiger partial charge in [-0.15, -0.1) is 0 Å². The highest BCUT2D eigenvalue weighted by atomic mass is 16.5. The number of rotatable bonds is 6. The van der Waals surface area contributed by atoms with E-state index >= 15 is 0 Å². The zero-order valence-electron chi connectivity index (χ0n) is 17.3. The first-order valence-corrected chi connectivity index (χ1v) is 9.35. The molecule has 2 atom stereocenters. The lowest BCUT2D eigenvalue weighted by Crippen LogP contribution is -2.42. The fourth-order valence-corrected chi connectivity index (χ4v) is 3.55. The Bertz CT molecular complexity index is 668. The van der Waals surface area contributed by atoms with Gasteiger partial charge >= 0.3 is 5.97 Å². The van der Waals surface area contributed by atoms with Crippen LogP contribution < -0.4 is 4.74 Å². The molecular weight excluding hydrogens is 344 g/mol. The largest absolute Gasteiger partial charge is 0.497 e. The maximum atomic E-state index is 13.1. The number of nitrogens with zero attached hydrogens (tertiary/aromatic N) is 2. The van der Waals surface area contributed by atoms with Gasteiger partial charge in [-0.05, 0) is 36.6 Å². The fraction of sp³-hybridized carbons (Fsp3) is 0.619. The molecule has 0 bridgehead atoms. The quantitative estimate of drug-likeness (QED) is 0.715. The number of ether oxygens (including phenoxy) is 2. The number of hydrogen-bond acceptors (Lipinski definition) is 5. The van der Waals surface area contributed by atoms with Crippen LogP contribution in [-0.4, -0.2) is 61.6 Å². The molecule has 1 fully saturated rings. The Morgan fingerprint density at radius 2 is 1.96 bits per heavy atom. The van der Waals surface area contributed by atoms with Crippen molar-refractivity contribution in [3.05, 3.63) is 29.8 Å². The molecular formula is C21H32N2O4. The van der Waals surface area contributed by atoms with Crippen molar-refractivity contribution in [3.63, 3.8) is 0 Å². The normalized spacial score (nSPS) is 20.4. The van der Waals surface area contributed by atoms with Crippen LogP contribution in [0.25, 0.3) is 0 Å². The molecule has 0 unspecified atom stereocenters. The number of amides is 1. The standard InChI is InChI=1S/C21H32N2O4/c1-21(2,3)12-19(24)23(13-15-8-7-9-17(10-15)26-5)16-11-18(20(25)27-6)22(4)14-16/h7-10,16,18H,11-14H2,1-6H3/t16-,18+/m1/s1. The van der Waals surface area contributed by atoms with Crippen LogP contribution in [0.5, 0.6) is 5.75 Å². The third-order valence-corrected chi connectivity index (χ3v) is 4.93. The van der Waals surface area contributed by atoms with Crippen molar-refractivity contribution in [2.45, 2.75) is 52.2 Å². The minimum atomic E-state index is -0.310. The lowest BCUT2D eigenvalue weighted by molar-refractivity contribution is -0.145. The van der Waals surface area contributed by atoms with Gasteiger partial charge in [-0.3, -0.25) is 14.5 Å². The van der Waals surface area contributed by atoms with Gasteiger partial charge in [0, 0.05) is 25.6 Å². The van der Waals surface area contributed by atoms with Gasteiger partial charge in [0.05, 0.1) is 14.2 Å². The first-order chi connectivity index (χ1) is 12.6. The SMILES string of the molecule is COC(=O)[C@@H]1C[C@@H](N(Cc2cccc(OC)c2)C(=O)CC(C)(C)C)CN1C. The molecule has 0 N–H and O–H groups in total. The lowest BCUT2D eigenvalue weighted by Gasteiger charge is -2.32. The summed E-state index contributed by atoms with van der Waals surface area (Å²) in [6, 6.07) is 7.43. The van der Waals surface area contributed by atoms with Crippen molar-refractivity contribution in [1.82, 2.24) is 9.80 Å². The highest BCUT2D eigenvalue weighted by Gasteiger charge is 2.40.